The molecule has 0 radical (unpaired) electrons. The summed E-state index contributed by atoms with van der Waals surface area (Å²) in [4.78, 5) is 5.29. The van der Waals surface area contributed by atoms with Crippen LogP contribution in [0.5, 0.6) is 0 Å². The van der Waals surface area contributed by atoms with E-state index in [1.54, 1.807) is 12.1 Å². The number of hydrogen-bond donors (Lipinski definition) is 2. The third kappa shape index (κ3) is 5.66. The highest BCUT2D eigenvalue weighted by Gasteiger charge is 2.30. The smallest absolute Gasteiger partial charge is 0.181 e. The molecule has 1 aliphatic heterocycles. The van der Waals surface area contributed by atoms with E-state index in [1.807, 2.05) is 20.8 Å². The van der Waals surface area contributed by atoms with Crippen LogP contribution in [0.2, 0.25) is 0 Å². The van der Waals surface area contributed by atoms with E-state index < -0.39 is 15.1 Å². The topological polar surface area (TPSA) is 118 Å². The first kappa shape index (κ1) is 22.6. The van der Waals surface area contributed by atoms with Crippen LogP contribution in [-0.2, 0) is 19.3 Å². The second-order valence-corrected chi connectivity index (χ2v) is 9.65. The number of nitrogens with zero attached hydrogens (tertiary/aromatic N) is 1. The fourth-order valence-corrected chi connectivity index (χ4v) is 5.60. The molecule has 28 heavy (non-hydrogen) atoms. The summed E-state index contributed by atoms with van der Waals surface area (Å²) in [6.07, 6.45) is 1.03. The summed E-state index contributed by atoms with van der Waals surface area (Å²) in [5.74, 6) is 0. The number of rotatable bonds is 5. The quantitative estimate of drug-likeness (QED) is 0.703. The predicted octanol–water partition coefficient (Wildman–Crippen LogP) is 3.28. The van der Waals surface area contributed by atoms with Crippen molar-refractivity contribution < 1.29 is 17.9 Å². The lowest BCUT2D eigenvalue weighted by molar-refractivity contribution is 0.0983. The third-order valence-corrected chi connectivity index (χ3v) is 7.63. The van der Waals surface area contributed by atoms with Gasteiger partial charge >= 0.3 is 0 Å². The molecular formula is C19H29N3O4S2. The number of benzene rings is 1. The van der Waals surface area contributed by atoms with Gasteiger partial charge in [-0.3, -0.25) is 0 Å². The second-order valence-electron chi connectivity index (χ2n) is 6.40. The van der Waals surface area contributed by atoms with E-state index in [4.69, 9.17) is 20.9 Å². The largest absolute Gasteiger partial charge is 0.399 e. The first-order chi connectivity index (χ1) is 13.3. The Hall–Kier alpha value is -1.68. The zero-order valence-corrected chi connectivity index (χ0v) is 18.2. The van der Waals surface area contributed by atoms with Crippen molar-refractivity contribution in [2.45, 2.75) is 43.8 Å². The maximum absolute atomic E-state index is 12.9. The molecule has 1 saturated heterocycles. The molecule has 1 aromatic carbocycles. The van der Waals surface area contributed by atoms with Crippen molar-refractivity contribution in [2.24, 2.45) is 0 Å². The van der Waals surface area contributed by atoms with Crippen LogP contribution in [0.1, 0.15) is 32.4 Å². The summed E-state index contributed by atoms with van der Waals surface area (Å²) in [6, 6.07) is 4.94. The number of hydrogen-bond acceptors (Lipinski definition) is 8. The molecule has 1 aliphatic rings. The van der Waals surface area contributed by atoms with Crippen molar-refractivity contribution in [2.75, 3.05) is 37.9 Å². The van der Waals surface area contributed by atoms with Crippen molar-refractivity contribution >= 4 is 32.0 Å². The Balaban J connectivity index is 0.000000500. The SMILES string of the molecule is CCOCC.Cc1nc(N)sc1-c1cc(N)cc(S(=O)(=O)C2CCOCC2)c1. The van der Waals surface area contributed by atoms with Gasteiger partial charge in [0.15, 0.2) is 15.0 Å². The highest BCUT2D eigenvalue weighted by molar-refractivity contribution is 7.92. The zero-order chi connectivity index (χ0) is 20.7. The molecule has 4 N–H and O–H groups in total. The van der Waals surface area contributed by atoms with Gasteiger partial charge in [-0.2, -0.15) is 0 Å². The third-order valence-electron chi connectivity index (χ3n) is 4.35. The van der Waals surface area contributed by atoms with Gasteiger partial charge in [-0.05, 0) is 57.4 Å². The van der Waals surface area contributed by atoms with Gasteiger partial charge in [0.25, 0.3) is 0 Å². The van der Waals surface area contributed by atoms with E-state index in [2.05, 4.69) is 4.98 Å². The van der Waals surface area contributed by atoms with Gasteiger partial charge in [0.1, 0.15) is 0 Å². The molecule has 1 aromatic heterocycles. The van der Waals surface area contributed by atoms with Crippen LogP contribution in [-0.4, -0.2) is 45.1 Å². The highest BCUT2D eigenvalue weighted by atomic mass is 32.2. The van der Waals surface area contributed by atoms with Crippen LogP contribution in [0.3, 0.4) is 0 Å². The van der Waals surface area contributed by atoms with E-state index in [9.17, 15) is 8.42 Å². The molecule has 156 valence electrons. The van der Waals surface area contributed by atoms with Crippen LogP contribution in [0, 0.1) is 6.92 Å². The molecule has 0 atom stereocenters. The van der Waals surface area contributed by atoms with Gasteiger partial charge in [0.05, 0.1) is 20.7 Å². The Morgan fingerprint density at radius 1 is 1.18 bits per heavy atom. The van der Waals surface area contributed by atoms with Crippen LogP contribution >= 0.6 is 11.3 Å². The summed E-state index contributed by atoms with van der Waals surface area (Å²) >= 11 is 1.33. The van der Waals surface area contributed by atoms with Gasteiger partial charge < -0.3 is 20.9 Å². The molecule has 1 fully saturated rings. The first-order valence-corrected chi connectivity index (χ1v) is 11.7. The van der Waals surface area contributed by atoms with E-state index in [1.165, 1.54) is 17.4 Å². The number of sulfone groups is 1. The number of anilines is 2. The van der Waals surface area contributed by atoms with Gasteiger partial charge in [-0.15, -0.1) is 0 Å². The molecular weight excluding hydrogens is 398 g/mol. The predicted molar refractivity (Wildman–Crippen MR) is 114 cm³/mol. The molecule has 0 spiro atoms. The van der Waals surface area contributed by atoms with E-state index in [0.717, 1.165) is 29.3 Å². The molecule has 0 unspecified atom stereocenters. The average Bonchev–Trinajstić information content (AvgIpc) is 3.01. The number of ether oxygens (including phenoxy) is 2. The lowest BCUT2D eigenvalue weighted by Gasteiger charge is -2.22. The lowest BCUT2D eigenvalue weighted by atomic mass is 10.1. The fourth-order valence-electron chi connectivity index (χ4n) is 2.99. The Bertz CT molecular complexity index is 873. The average molecular weight is 428 g/mol. The van der Waals surface area contributed by atoms with Crippen LogP contribution < -0.4 is 11.5 Å². The number of nitrogen functional groups attached to an aromatic ring is 2. The van der Waals surface area contributed by atoms with Crippen LogP contribution in [0.4, 0.5) is 10.8 Å². The summed E-state index contributed by atoms with van der Waals surface area (Å²) in [7, 11) is -3.43. The minimum atomic E-state index is -3.43. The first-order valence-electron chi connectivity index (χ1n) is 9.32. The molecule has 0 bridgehead atoms. The Kier molecular flexibility index (Phi) is 8.23. The maximum Gasteiger partial charge on any atom is 0.181 e. The van der Waals surface area contributed by atoms with Gasteiger partial charge in [-0.25, -0.2) is 13.4 Å². The highest BCUT2D eigenvalue weighted by Crippen LogP contribution is 2.35. The molecule has 9 heteroatoms. The zero-order valence-electron chi connectivity index (χ0n) is 16.6. The summed E-state index contributed by atoms with van der Waals surface area (Å²) < 4.78 is 35.8. The van der Waals surface area contributed by atoms with Crippen molar-refractivity contribution in [3.05, 3.63) is 23.9 Å². The molecule has 7 nitrogen and oxygen atoms in total. The number of aromatic nitrogens is 1. The van der Waals surface area contributed by atoms with Crippen LogP contribution in [0.15, 0.2) is 23.1 Å². The summed E-state index contributed by atoms with van der Waals surface area (Å²) in [6.45, 7) is 8.46. The summed E-state index contributed by atoms with van der Waals surface area (Å²) in [5.41, 5.74) is 13.6. The lowest BCUT2D eigenvalue weighted by Crippen LogP contribution is -2.29. The summed E-state index contributed by atoms with van der Waals surface area (Å²) in [5, 5.41) is 0.0345. The van der Waals surface area contributed by atoms with E-state index >= 15 is 0 Å². The minimum absolute atomic E-state index is 0.255. The van der Waals surface area contributed by atoms with Gasteiger partial charge in [-0.1, -0.05) is 11.3 Å². The molecule has 0 amide bonds. The Morgan fingerprint density at radius 3 is 2.32 bits per heavy atom. The molecule has 0 aliphatic carbocycles. The van der Waals surface area contributed by atoms with Crippen molar-refractivity contribution in [3.63, 3.8) is 0 Å². The molecule has 2 heterocycles. The Labute approximate surface area is 171 Å². The molecule has 0 saturated carbocycles. The fraction of sp³-hybridized carbons (Fsp3) is 0.526. The maximum atomic E-state index is 12.9. The van der Waals surface area contributed by atoms with E-state index in [0.29, 0.717) is 36.9 Å². The Morgan fingerprint density at radius 2 is 1.82 bits per heavy atom. The minimum Gasteiger partial charge on any atom is -0.399 e. The number of thiazole rings is 1. The van der Waals surface area contributed by atoms with Crippen molar-refractivity contribution in [1.82, 2.24) is 4.98 Å². The van der Waals surface area contributed by atoms with Gasteiger partial charge in [0.2, 0.25) is 0 Å². The standard InChI is InChI=1S/C15H19N3O3S2.C4H10O/c1-9-14(22-15(17)18-9)10-6-11(16)8-13(7-10)23(19,20)12-2-4-21-5-3-12;1-3-5-4-2/h6-8,12H,2-5,16H2,1H3,(H2,17,18);3-4H2,1-2H3. The normalized spacial score (nSPS) is 15.1. The molecule has 2 aromatic rings. The van der Waals surface area contributed by atoms with E-state index in [-0.39, 0.29) is 4.90 Å². The van der Waals surface area contributed by atoms with Crippen molar-refractivity contribution in [1.29, 1.82) is 0 Å². The van der Waals surface area contributed by atoms with Crippen LogP contribution in [0.25, 0.3) is 10.4 Å². The van der Waals surface area contributed by atoms with Crippen molar-refractivity contribution in [3.8, 4) is 10.4 Å². The number of aryl methyl sites for hydroxylation is 1. The number of nitrogens with two attached hydrogens (primary N) is 2. The second kappa shape index (κ2) is 10.2. The van der Waals surface area contributed by atoms with Gasteiger partial charge in [0, 0.05) is 32.1 Å². The monoisotopic (exact) mass is 427 g/mol. The molecule has 3 rings (SSSR count).